The van der Waals surface area contributed by atoms with Gasteiger partial charge in [0, 0.05) is 11.5 Å². The van der Waals surface area contributed by atoms with Crippen LogP contribution in [0, 0.1) is 11.8 Å². The minimum atomic E-state index is 0.167. The molecule has 0 fully saturated rings. The van der Waals surface area contributed by atoms with Crippen molar-refractivity contribution >= 4 is 5.78 Å². The lowest BCUT2D eigenvalue weighted by molar-refractivity contribution is 0.0861. The number of carbonyl (C=O) groups excluding carboxylic acids is 1. The number of benzene rings is 1. The third kappa shape index (κ3) is 4.77. The smallest absolute Gasteiger partial charge is 0.166 e. The molecule has 0 bridgehead atoms. The summed E-state index contributed by atoms with van der Waals surface area (Å²) in [5.74, 6) is 1.43. The molecule has 0 aliphatic heterocycles. The molecule has 116 valence electrons. The molecule has 1 heteroatoms. The lowest BCUT2D eigenvalue weighted by Crippen LogP contribution is -2.30. The number of ketones is 1. The van der Waals surface area contributed by atoms with Gasteiger partial charge in [-0.05, 0) is 17.4 Å². The van der Waals surface area contributed by atoms with E-state index in [1.165, 1.54) is 5.56 Å². The summed E-state index contributed by atoms with van der Waals surface area (Å²) < 4.78 is 0. The van der Waals surface area contributed by atoms with Gasteiger partial charge in [0.2, 0.25) is 0 Å². The second-order valence-corrected chi connectivity index (χ2v) is 4.39. The topological polar surface area (TPSA) is 17.1 Å². The molecule has 1 aromatic rings. The maximum atomic E-state index is 12.0. The van der Waals surface area contributed by atoms with Crippen LogP contribution in [-0.4, -0.2) is 5.78 Å². The molecule has 0 radical (unpaired) electrons. The van der Waals surface area contributed by atoms with Gasteiger partial charge >= 0.3 is 0 Å². The molecule has 0 heterocycles. The first-order valence-corrected chi connectivity index (χ1v) is 8.26. The van der Waals surface area contributed by atoms with Crippen molar-refractivity contribution in [2.45, 2.75) is 68.2 Å². The van der Waals surface area contributed by atoms with Crippen LogP contribution in [0.5, 0.6) is 0 Å². The van der Waals surface area contributed by atoms with Crippen molar-refractivity contribution in [1.29, 1.82) is 0 Å². The van der Waals surface area contributed by atoms with Gasteiger partial charge in [-0.1, -0.05) is 86.6 Å². The number of hydrogen-bond acceptors (Lipinski definition) is 1. The van der Waals surface area contributed by atoms with E-state index < -0.39 is 0 Å². The largest absolute Gasteiger partial charge is 0.294 e. The van der Waals surface area contributed by atoms with Gasteiger partial charge in [0.1, 0.15) is 0 Å². The van der Waals surface area contributed by atoms with Crippen LogP contribution in [0.25, 0.3) is 0 Å². The molecule has 3 atom stereocenters. The number of hydrogen-bond donors (Lipinski definition) is 0. The number of carbonyl (C=O) groups is 1. The van der Waals surface area contributed by atoms with Crippen LogP contribution in [0.3, 0.4) is 0 Å². The van der Waals surface area contributed by atoms with Crippen molar-refractivity contribution in [3.05, 3.63) is 35.4 Å². The van der Waals surface area contributed by atoms with E-state index in [2.05, 4.69) is 19.9 Å². The van der Waals surface area contributed by atoms with Crippen molar-refractivity contribution in [2.24, 2.45) is 11.8 Å². The molecule has 2 rings (SSSR count). The molecule has 3 unspecified atom stereocenters. The molecule has 0 saturated heterocycles. The van der Waals surface area contributed by atoms with E-state index in [1.807, 2.05) is 66.7 Å². The third-order valence-electron chi connectivity index (χ3n) is 3.71. The van der Waals surface area contributed by atoms with Gasteiger partial charge in [0.15, 0.2) is 5.78 Å². The monoisotopic (exact) mass is 278 g/mol. The van der Waals surface area contributed by atoms with Crippen LogP contribution >= 0.6 is 0 Å². The molecule has 1 aliphatic rings. The molecule has 20 heavy (non-hydrogen) atoms. The van der Waals surface area contributed by atoms with Gasteiger partial charge in [-0.2, -0.15) is 0 Å². The Morgan fingerprint density at radius 1 is 0.750 bits per heavy atom. The van der Waals surface area contributed by atoms with E-state index in [0.717, 1.165) is 5.56 Å². The first-order chi connectivity index (χ1) is 9.63. The average Bonchev–Trinajstić information content (AvgIpc) is 2.56. The van der Waals surface area contributed by atoms with Gasteiger partial charge in [-0.25, -0.2) is 0 Å². The number of rotatable bonds is 0. The van der Waals surface area contributed by atoms with Gasteiger partial charge in [-0.15, -0.1) is 0 Å². The Labute approximate surface area is 126 Å². The van der Waals surface area contributed by atoms with Gasteiger partial charge in [0.25, 0.3) is 0 Å². The van der Waals surface area contributed by atoms with E-state index in [4.69, 9.17) is 0 Å². The molecule has 1 aliphatic carbocycles. The fourth-order valence-electron chi connectivity index (χ4n) is 2.32. The summed E-state index contributed by atoms with van der Waals surface area (Å²) in [7, 11) is 0. The lowest BCUT2D eigenvalue weighted by Gasteiger charge is -2.32. The number of fused-ring (bicyclic) bond motifs is 1. The maximum Gasteiger partial charge on any atom is 0.166 e. The Kier molecular flexibility index (Phi) is 12.4. The second kappa shape index (κ2) is 11.7. The predicted molar refractivity (Wildman–Crippen MR) is 91.6 cm³/mol. The van der Waals surface area contributed by atoms with E-state index in [9.17, 15) is 4.79 Å². The highest BCUT2D eigenvalue weighted by atomic mass is 16.1. The summed E-state index contributed by atoms with van der Waals surface area (Å²) in [5.41, 5.74) is 2.16. The zero-order valence-electron chi connectivity index (χ0n) is 14.9. The average molecular weight is 278 g/mol. The molecule has 0 aromatic heterocycles. The van der Waals surface area contributed by atoms with Gasteiger partial charge < -0.3 is 0 Å². The summed E-state index contributed by atoms with van der Waals surface area (Å²) in [4.78, 5) is 12.0. The quantitative estimate of drug-likeness (QED) is 0.541. The van der Waals surface area contributed by atoms with E-state index >= 15 is 0 Å². The zero-order chi connectivity index (χ0) is 16.3. The van der Waals surface area contributed by atoms with Crippen LogP contribution in [-0.2, 0) is 0 Å². The van der Waals surface area contributed by atoms with Gasteiger partial charge in [-0.3, -0.25) is 4.79 Å². The predicted octanol–water partition coefficient (Wildman–Crippen LogP) is 6.34. The minimum Gasteiger partial charge on any atom is -0.294 e. The highest BCUT2D eigenvalue weighted by molar-refractivity contribution is 6.00. The summed E-state index contributed by atoms with van der Waals surface area (Å²) in [6.45, 7) is 18.4. The molecule has 1 aromatic carbocycles. The fraction of sp³-hybridized carbons (Fsp3) is 0.632. The Bertz CT molecular complexity index is 368. The molecule has 0 saturated carbocycles. The van der Waals surface area contributed by atoms with Crippen molar-refractivity contribution in [3.8, 4) is 0 Å². The molecule has 0 spiro atoms. The Morgan fingerprint density at radius 2 is 1.20 bits per heavy atom. The maximum absolute atomic E-state index is 12.0. The van der Waals surface area contributed by atoms with E-state index in [1.54, 1.807) is 0 Å². The molecule has 1 nitrogen and oxygen atoms in total. The van der Waals surface area contributed by atoms with Crippen molar-refractivity contribution in [3.63, 3.8) is 0 Å². The first kappa shape index (κ1) is 21.2. The fourth-order valence-corrected chi connectivity index (χ4v) is 2.32. The molecular weight excluding hydrogens is 244 g/mol. The summed E-state index contributed by atoms with van der Waals surface area (Å²) in [6.07, 6.45) is 0. The summed E-state index contributed by atoms with van der Waals surface area (Å²) in [5, 5.41) is 0. The Hall–Kier alpha value is -1.11. The molecule has 0 amide bonds. The zero-order valence-corrected chi connectivity index (χ0v) is 14.9. The summed E-state index contributed by atoms with van der Waals surface area (Å²) >= 11 is 0. The van der Waals surface area contributed by atoms with Crippen molar-refractivity contribution < 1.29 is 4.79 Å². The van der Waals surface area contributed by atoms with Crippen LogP contribution in [0.2, 0.25) is 0 Å². The van der Waals surface area contributed by atoms with Crippen molar-refractivity contribution in [2.75, 3.05) is 0 Å². The van der Waals surface area contributed by atoms with Crippen LogP contribution in [0.4, 0.5) is 0 Å². The third-order valence-corrected chi connectivity index (χ3v) is 3.71. The first-order valence-electron chi connectivity index (χ1n) is 8.26. The van der Waals surface area contributed by atoms with Gasteiger partial charge in [0.05, 0.1) is 0 Å². The standard InChI is InChI=1S/C13H16O.3C2H6/c1-8-9(2)11-6-4-5-7-12(11)13(14)10(8)3;3*1-2/h4-10H,1-3H3;3*1-2H3. The SMILES string of the molecule is CC.CC.CC.CC1C(=O)c2ccccc2C(C)C1C. The van der Waals surface area contributed by atoms with Crippen molar-refractivity contribution in [1.82, 2.24) is 0 Å². The minimum absolute atomic E-state index is 0.167. The highest BCUT2D eigenvalue weighted by Crippen LogP contribution is 2.38. The summed E-state index contributed by atoms with van der Waals surface area (Å²) in [6, 6.07) is 8.01. The molecular formula is C19H34O. The van der Waals surface area contributed by atoms with Crippen LogP contribution in [0.15, 0.2) is 24.3 Å². The van der Waals surface area contributed by atoms with Crippen LogP contribution in [0.1, 0.15) is 84.2 Å². The van der Waals surface area contributed by atoms with Crippen LogP contribution < -0.4 is 0 Å². The lowest BCUT2D eigenvalue weighted by atomic mass is 9.71. The van der Waals surface area contributed by atoms with E-state index in [-0.39, 0.29) is 5.92 Å². The number of Topliss-reactive ketones (excluding diaryl/α,β-unsaturated/α-hetero) is 1. The highest BCUT2D eigenvalue weighted by Gasteiger charge is 2.34. The normalized spacial score (nSPS) is 22.9. The second-order valence-electron chi connectivity index (χ2n) is 4.39. The van der Waals surface area contributed by atoms with E-state index in [0.29, 0.717) is 17.6 Å². The molecule has 0 N–H and O–H groups in total. The Morgan fingerprint density at radius 3 is 1.70 bits per heavy atom. The Balaban J connectivity index is 0.